The van der Waals surface area contributed by atoms with Crippen LogP contribution in [0.5, 0.6) is 0 Å². The first-order valence-corrected chi connectivity index (χ1v) is 7.73. The number of anilines is 1. The predicted molar refractivity (Wildman–Crippen MR) is 90.6 cm³/mol. The number of nitrogens with one attached hydrogen (secondary N) is 1. The number of aromatic nitrogens is 1. The van der Waals surface area contributed by atoms with E-state index in [4.69, 9.17) is 4.42 Å². The van der Waals surface area contributed by atoms with Gasteiger partial charge in [-0.1, -0.05) is 0 Å². The third-order valence-corrected chi connectivity index (χ3v) is 3.81. The third-order valence-electron chi connectivity index (χ3n) is 3.05. The van der Waals surface area contributed by atoms with Crippen LogP contribution in [0, 0.1) is 10.1 Å². The number of carbonyl (C=O) groups is 1. The molecule has 0 aliphatic heterocycles. The number of amides is 1. The zero-order valence-electron chi connectivity index (χ0n) is 12.2. The fraction of sp³-hybridized carbons (Fsp3) is 0. The highest BCUT2D eigenvalue weighted by atomic mass is 32.1. The molecule has 0 aliphatic rings. The highest BCUT2D eigenvalue weighted by Crippen LogP contribution is 2.26. The van der Waals surface area contributed by atoms with Crippen molar-refractivity contribution in [3.8, 4) is 11.3 Å². The molecular weight excluding hydrogens is 330 g/mol. The van der Waals surface area contributed by atoms with Crippen LogP contribution in [0.15, 0.2) is 58.5 Å². The lowest BCUT2D eigenvalue weighted by atomic mass is 10.1. The summed E-state index contributed by atoms with van der Waals surface area (Å²) in [4.78, 5) is 26.3. The molecule has 8 heteroatoms. The maximum atomic E-state index is 11.8. The number of non-ortho nitro benzene ring substituents is 1. The first kappa shape index (κ1) is 15.6. The van der Waals surface area contributed by atoms with Crippen molar-refractivity contribution in [2.75, 3.05) is 5.32 Å². The van der Waals surface area contributed by atoms with Gasteiger partial charge in [0.1, 0.15) is 5.76 Å². The number of carbonyl (C=O) groups excluding carboxylic acids is 1. The van der Waals surface area contributed by atoms with Gasteiger partial charge in [0.2, 0.25) is 5.91 Å². The van der Waals surface area contributed by atoms with Gasteiger partial charge in [-0.2, -0.15) is 0 Å². The number of nitro groups is 1. The maximum absolute atomic E-state index is 11.8. The molecule has 0 saturated heterocycles. The van der Waals surface area contributed by atoms with Gasteiger partial charge in [0.05, 0.1) is 16.9 Å². The summed E-state index contributed by atoms with van der Waals surface area (Å²) < 4.78 is 5.09. The fourth-order valence-electron chi connectivity index (χ4n) is 1.91. The second-order valence-electron chi connectivity index (χ2n) is 4.68. The van der Waals surface area contributed by atoms with E-state index in [-0.39, 0.29) is 11.6 Å². The summed E-state index contributed by atoms with van der Waals surface area (Å²) in [5.41, 5.74) is 1.40. The lowest BCUT2D eigenvalue weighted by Crippen LogP contribution is -2.07. The highest BCUT2D eigenvalue weighted by Gasteiger charge is 2.09. The largest absolute Gasteiger partial charge is 0.465 e. The van der Waals surface area contributed by atoms with E-state index in [2.05, 4.69) is 10.3 Å². The molecular formula is C16H11N3O4S. The molecule has 0 radical (unpaired) electrons. The Morgan fingerprint density at radius 3 is 2.75 bits per heavy atom. The molecule has 1 aromatic carbocycles. The van der Waals surface area contributed by atoms with Crippen molar-refractivity contribution in [2.45, 2.75) is 0 Å². The first-order valence-electron chi connectivity index (χ1n) is 6.85. The molecule has 0 bridgehead atoms. The molecule has 3 rings (SSSR count). The summed E-state index contributed by atoms with van der Waals surface area (Å²) >= 11 is 1.27. The molecule has 7 nitrogen and oxygen atoms in total. The SMILES string of the molecule is O=C(/C=C/c1ccco1)Nc1nc(-c2ccc([N+](=O)[O-])cc2)cs1. The molecule has 0 saturated carbocycles. The Balaban J connectivity index is 1.66. The van der Waals surface area contributed by atoms with Gasteiger partial charge in [-0.3, -0.25) is 20.2 Å². The van der Waals surface area contributed by atoms with Gasteiger partial charge in [-0.15, -0.1) is 11.3 Å². The highest BCUT2D eigenvalue weighted by molar-refractivity contribution is 7.14. The summed E-state index contributed by atoms with van der Waals surface area (Å²) in [6.45, 7) is 0. The second-order valence-corrected chi connectivity index (χ2v) is 5.54. The Hall–Kier alpha value is -3.26. The van der Waals surface area contributed by atoms with Crippen molar-refractivity contribution in [3.63, 3.8) is 0 Å². The summed E-state index contributed by atoms with van der Waals surface area (Å²) in [7, 11) is 0. The Bertz CT molecular complexity index is 882. The molecule has 24 heavy (non-hydrogen) atoms. The van der Waals surface area contributed by atoms with Gasteiger partial charge in [0, 0.05) is 29.2 Å². The molecule has 2 aromatic heterocycles. The zero-order valence-corrected chi connectivity index (χ0v) is 13.0. The van der Waals surface area contributed by atoms with Crippen LogP contribution in [0.4, 0.5) is 10.8 Å². The standard InChI is InChI=1S/C16H11N3O4S/c20-15(8-7-13-2-1-9-23-13)18-16-17-14(10-24-16)11-3-5-12(6-4-11)19(21)22/h1-10H,(H,17,18,20)/b8-7+. The number of hydrogen-bond donors (Lipinski definition) is 1. The van der Waals surface area contributed by atoms with Crippen LogP contribution in [0.3, 0.4) is 0 Å². The quantitative estimate of drug-likeness (QED) is 0.430. The molecule has 0 fully saturated rings. The van der Waals surface area contributed by atoms with Crippen LogP contribution in [0.1, 0.15) is 5.76 Å². The molecule has 1 N–H and O–H groups in total. The van der Waals surface area contributed by atoms with E-state index < -0.39 is 4.92 Å². The number of hydrogen-bond acceptors (Lipinski definition) is 6. The lowest BCUT2D eigenvalue weighted by Gasteiger charge is -1.97. The molecule has 3 aromatic rings. The van der Waals surface area contributed by atoms with Crippen LogP contribution in [-0.4, -0.2) is 15.8 Å². The number of nitrogens with zero attached hydrogens (tertiary/aromatic N) is 2. The molecule has 0 unspecified atom stereocenters. The first-order chi connectivity index (χ1) is 11.6. The average Bonchev–Trinajstić information content (AvgIpc) is 3.25. The molecule has 120 valence electrons. The van der Waals surface area contributed by atoms with Crippen molar-refractivity contribution < 1.29 is 14.1 Å². The predicted octanol–water partition coefficient (Wildman–Crippen LogP) is 3.96. The summed E-state index contributed by atoms with van der Waals surface area (Å²) in [5, 5.41) is 15.5. The number of nitro benzene ring substituents is 1. The van der Waals surface area contributed by atoms with Crippen molar-refractivity contribution in [1.29, 1.82) is 0 Å². The number of thiazole rings is 1. The van der Waals surface area contributed by atoms with Crippen molar-refractivity contribution >= 4 is 34.1 Å². The topological polar surface area (TPSA) is 98.3 Å². The Morgan fingerprint density at radius 1 is 1.29 bits per heavy atom. The van der Waals surface area contributed by atoms with Gasteiger partial charge in [-0.25, -0.2) is 4.98 Å². The molecule has 2 heterocycles. The van der Waals surface area contributed by atoms with Crippen LogP contribution >= 0.6 is 11.3 Å². The maximum Gasteiger partial charge on any atom is 0.269 e. The van der Waals surface area contributed by atoms with E-state index in [0.29, 0.717) is 16.6 Å². The normalized spacial score (nSPS) is 10.8. The van der Waals surface area contributed by atoms with E-state index in [0.717, 1.165) is 5.56 Å². The summed E-state index contributed by atoms with van der Waals surface area (Å²) in [6, 6.07) is 9.54. The average molecular weight is 341 g/mol. The minimum atomic E-state index is -0.457. The molecule has 0 aliphatic carbocycles. The zero-order chi connectivity index (χ0) is 16.9. The van der Waals surface area contributed by atoms with Crippen LogP contribution < -0.4 is 5.32 Å². The van der Waals surface area contributed by atoms with Crippen LogP contribution in [0.25, 0.3) is 17.3 Å². The monoisotopic (exact) mass is 341 g/mol. The minimum Gasteiger partial charge on any atom is -0.465 e. The summed E-state index contributed by atoms with van der Waals surface area (Å²) in [5.74, 6) is 0.256. The Kier molecular flexibility index (Phi) is 4.48. The van der Waals surface area contributed by atoms with E-state index in [1.807, 2.05) is 0 Å². The summed E-state index contributed by atoms with van der Waals surface area (Å²) in [6.07, 6.45) is 4.43. The number of rotatable bonds is 5. The van der Waals surface area contributed by atoms with Crippen molar-refractivity contribution in [3.05, 3.63) is 70.0 Å². The van der Waals surface area contributed by atoms with Crippen molar-refractivity contribution in [2.24, 2.45) is 0 Å². The fourth-order valence-corrected chi connectivity index (χ4v) is 2.63. The van der Waals surface area contributed by atoms with E-state index in [1.54, 1.807) is 35.7 Å². The van der Waals surface area contributed by atoms with E-state index >= 15 is 0 Å². The van der Waals surface area contributed by atoms with Crippen LogP contribution in [-0.2, 0) is 4.79 Å². The molecule has 1 amide bonds. The number of benzene rings is 1. The minimum absolute atomic E-state index is 0.0190. The van der Waals surface area contributed by atoms with E-state index in [1.165, 1.54) is 35.8 Å². The molecule has 0 atom stereocenters. The second kappa shape index (κ2) is 6.88. The van der Waals surface area contributed by atoms with Crippen molar-refractivity contribution in [1.82, 2.24) is 4.98 Å². The third kappa shape index (κ3) is 3.73. The van der Waals surface area contributed by atoms with Gasteiger partial charge in [0.15, 0.2) is 5.13 Å². The van der Waals surface area contributed by atoms with Gasteiger partial charge >= 0.3 is 0 Å². The smallest absolute Gasteiger partial charge is 0.269 e. The van der Waals surface area contributed by atoms with Gasteiger partial charge in [0.25, 0.3) is 5.69 Å². The number of furan rings is 1. The van der Waals surface area contributed by atoms with Crippen LogP contribution in [0.2, 0.25) is 0 Å². The lowest BCUT2D eigenvalue weighted by molar-refractivity contribution is -0.384. The van der Waals surface area contributed by atoms with Gasteiger partial charge < -0.3 is 4.42 Å². The Morgan fingerprint density at radius 2 is 2.08 bits per heavy atom. The van der Waals surface area contributed by atoms with E-state index in [9.17, 15) is 14.9 Å². The van der Waals surface area contributed by atoms with Gasteiger partial charge in [-0.05, 0) is 30.3 Å². The molecule has 0 spiro atoms. The Labute approximate surface area is 140 Å².